The Bertz CT molecular complexity index is 631. The number of hydrogen-bond donors (Lipinski definition) is 2. The van der Waals surface area contributed by atoms with Crippen molar-refractivity contribution in [2.45, 2.75) is 30.9 Å². The van der Waals surface area contributed by atoms with E-state index in [1.807, 2.05) is 0 Å². The Kier molecular flexibility index (Phi) is 4.80. The highest BCUT2D eigenvalue weighted by atomic mass is 32.2. The van der Waals surface area contributed by atoms with Gasteiger partial charge in [-0.05, 0) is 22.9 Å². The van der Waals surface area contributed by atoms with E-state index >= 15 is 0 Å². The Balaban J connectivity index is 2.23. The molecule has 1 saturated heterocycles. The lowest BCUT2D eigenvalue weighted by molar-refractivity contribution is -0.108. The van der Waals surface area contributed by atoms with Gasteiger partial charge in [0, 0.05) is 5.75 Å². The van der Waals surface area contributed by atoms with Gasteiger partial charge < -0.3 is 9.90 Å². The van der Waals surface area contributed by atoms with Gasteiger partial charge >= 0.3 is 10.2 Å². The molecule has 0 radical (unpaired) electrons. The zero-order valence-electron chi connectivity index (χ0n) is 11.8. The summed E-state index contributed by atoms with van der Waals surface area (Å²) in [6, 6.07) is 4.13. The van der Waals surface area contributed by atoms with E-state index in [1.165, 1.54) is 0 Å². The van der Waals surface area contributed by atoms with Crippen molar-refractivity contribution >= 4 is 33.9 Å². The number of thioether (sulfide) groups is 1. The highest BCUT2D eigenvalue weighted by Gasteiger charge is 2.36. The number of aldehydes is 1. The molecule has 1 aromatic rings. The van der Waals surface area contributed by atoms with Crippen LogP contribution in [-0.4, -0.2) is 37.6 Å². The second-order valence-corrected chi connectivity index (χ2v) is 8.27. The van der Waals surface area contributed by atoms with Gasteiger partial charge in [-0.3, -0.25) is 4.31 Å². The van der Waals surface area contributed by atoms with Crippen molar-refractivity contribution in [3.63, 3.8) is 0 Å². The van der Waals surface area contributed by atoms with Gasteiger partial charge in [0.15, 0.2) is 0 Å². The van der Waals surface area contributed by atoms with Gasteiger partial charge in [-0.25, -0.2) is 0 Å². The number of anilines is 1. The Morgan fingerprint density at radius 2 is 2.24 bits per heavy atom. The normalized spacial score (nSPS) is 20.9. The monoisotopic (exact) mass is 330 g/mol. The van der Waals surface area contributed by atoms with Crippen LogP contribution in [0.25, 0.3) is 0 Å². The smallest absolute Gasteiger partial charge is 0.302 e. The van der Waals surface area contributed by atoms with Crippen molar-refractivity contribution in [2.75, 3.05) is 10.8 Å². The minimum Gasteiger partial charge on any atom is -0.506 e. The molecule has 1 aliphatic rings. The lowest BCUT2D eigenvalue weighted by atomic mass is 10.2. The van der Waals surface area contributed by atoms with E-state index in [9.17, 15) is 18.3 Å². The first kappa shape index (κ1) is 16.1. The zero-order chi connectivity index (χ0) is 15.6. The summed E-state index contributed by atoms with van der Waals surface area (Å²) in [6.45, 7) is 4.15. The van der Waals surface area contributed by atoms with E-state index in [1.54, 1.807) is 30.0 Å². The molecule has 6 nitrogen and oxygen atoms in total. The minimum absolute atomic E-state index is 0.0144. The number of benzene rings is 1. The minimum atomic E-state index is -3.78. The molecule has 0 bridgehead atoms. The molecule has 116 valence electrons. The molecule has 1 unspecified atom stereocenters. The van der Waals surface area contributed by atoms with E-state index < -0.39 is 16.3 Å². The van der Waals surface area contributed by atoms with E-state index in [0.717, 1.165) is 15.6 Å². The largest absolute Gasteiger partial charge is 0.506 e. The summed E-state index contributed by atoms with van der Waals surface area (Å²) in [4.78, 5) is 10.7. The number of carbonyl (C=O) groups excluding carboxylic acids is 1. The number of aromatic hydroxyl groups is 1. The molecule has 1 atom stereocenters. The number of phenols is 1. The maximum absolute atomic E-state index is 11.9. The number of nitrogens with zero attached hydrogens (tertiary/aromatic N) is 1. The second kappa shape index (κ2) is 6.25. The van der Waals surface area contributed by atoms with E-state index in [0.29, 0.717) is 11.5 Å². The Morgan fingerprint density at radius 1 is 1.52 bits per heavy atom. The van der Waals surface area contributed by atoms with Crippen molar-refractivity contribution in [2.24, 2.45) is 0 Å². The molecule has 1 aliphatic heterocycles. The van der Waals surface area contributed by atoms with Crippen LogP contribution in [0.15, 0.2) is 18.2 Å². The number of hydrogen-bond acceptors (Lipinski definition) is 5. The predicted octanol–water partition coefficient (Wildman–Crippen LogP) is 1.26. The molecule has 0 spiro atoms. The summed E-state index contributed by atoms with van der Waals surface area (Å²) >= 11 is 1.73. The third-order valence-electron chi connectivity index (χ3n) is 3.01. The molecule has 0 saturated carbocycles. The van der Waals surface area contributed by atoms with Crippen LogP contribution in [0.2, 0.25) is 0 Å². The summed E-state index contributed by atoms with van der Waals surface area (Å²) in [6.07, 6.45) is 0.544. The van der Waals surface area contributed by atoms with Gasteiger partial charge in [0.2, 0.25) is 0 Å². The van der Waals surface area contributed by atoms with Crippen LogP contribution in [-0.2, 0) is 20.8 Å². The SMILES string of the molecule is CC(C)SCc1ccc(N2CC(C=O)NS2(=O)=O)c(O)c1. The molecule has 1 aromatic carbocycles. The molecule has 0 aliphatic carbocycles. The fourth-order valence-corrected chi connectivity index (χ4v) is 4.12. The highest BCUT2D eigenvalue weighted by molar-refractivity contribution is 7.99. The van der Waals surface area contributed by atoms with Crippen LogP contribution >= 0.6 is 11.8 Å². The molecule has 1 heterocycles. The predicted molar refractivity (Wildman–Crippen MR) is 83.8 cm³/mol. The number of phenolic OH excluding ortho intramolecular Hbond substituents is 1. The van der Waals surface area contributed by atoms with E-state index in [-0.39, 0.29) is 18.0 Å². The van der Waals surface area contributed by atoms with Gasteiger partial charge in [-0.1, -0.05) is 19.9 Å². The summed E-state index contributed by atoms with van der Waals surface area (Å²) in [5.74, 6) is 0.641. The van der Waals surface area contributed by atoms with E-state index in [4.69, 9.17) is 0 Å². The summed E-state index contributed by atoms with van der Waals surface area (Å²) in [7, 11) is -3.78. The third kappa shape index (κ3) is 3.69. The maximum Gasteiger partial charge on any atom is 0.302 e. The molecule has 0 amide bonds. The van der Waals surface area contributed by atoms with Crippen molar-refractivity contribution in [1.29, 1.82) is 0 Å². The lowest BCUT2D eigenvalue weighted by Crippen LogP contribution is -2.30. The van der Waals surface area contributed by atoms with Gasteiger partial charge in [0.25, 0.3) is 0 Å². The van der Waals surface area contributed by atoms with Crippen LogP contribution in [0.5, 0.6) is 5.75 Å². The third-order valence-corrected chi connectivity index (χ3v) is 5.70. The first-order valence-electron chi connectivity index (χ1n) is 6.52. The highest BCUT2D eigenvalue weighted by Crippen LogP contribution is 2.33. The summed E-state index contributed by atoms with van der Waals surface area (Å²) < 4.78 is 27.1. The average Bonchev–Trinajstić information content (AvgIpc) is 2.71. The van der Waals surface area contributed by atoms with Crippen LogP contribution in [0.4, 0.5) is 5.69 Å². The number of nitrogens with one attached hydrogen (secondary N) is 1. The maximum atomic E-state index is 11.9. The van der Waals surface area contributed by atoms with Crippen molar-refractivity contribution in [1.82, 2.24) is 4.72 Å². The Hall–Kier alpha value is -1.25. The van der Waals surface area contributed by atoms with Gasteiger partial charge in [-0.2, -0.15) is 24.9 Å². The van der Waals surface area contributed by atoms with Crippen LogP contribution in [0, 0.1) is 0 Å². The van der Waals surface area contributed by atoms with Crippen LogP contribution in [0.3, 0.4) is 0 Å². The second-order valence-electron chi connectivity index (χ2n) is 5.08. The topological polar surface area (TPSA) is 86.7 Å². The molecule has 21 heavy (non-hydrogen) atoms. The fourth-order valence-electron chi connectivity index (χ4n) is 2.00. The van der Waals surface area contributed by atoms with Crippen molar-refractivity contribution < 1.29 is 18.3 Å². The molecular weight excluding hydrogens is 312 g/mol. The van der Waals surface area contributed by atoms with Crippen LogP contribution < -0.4 is 9.03 Å². The summed E-state index contributed by atoms with van der Waals surface area (Å²) in [5.41, 5.74) is 1.11. The lowest BCUT2D eigenvalue weighted by Gasteiger charge is -2.17. The Labute approximate surface area is 128 Å². The quantitative estimate of drug-likeness (QED) is 0.794. The Morgan fingerprint density at radius 3 is 2.76 bits per heavy atom. The van der Waals surface area contributed by atoms with E-state index in [2.05, 4.69) is 18.6 Å². The van der Waals surface area contributed by atoms with Crippen LogP contribution in [0.1, 0.15) is 19.4 Å². The molecule has 0 aromatic heterocycles. The molecule has 8 heteroatoms. The molecular formula is C13H18N2O4S2. The molecule has 2 rings (SSSR count). The van der Waals surface area contributed by atoms with Gasteiger partial charge in [-0.15, -0.1) is 0 Å². The van der Waals surface area contributed by atoms with Crippen molar-refractivity contribution in [3.8, 4) is 5.75 Å². The van der Waals surface area contributed by atoms with Crippen molar-refractivity contribution in [3.05, 3.63) is 23.8 Å². The number of carbonyl (C=O) groups is 1. The van der Waals surface area contributed by atoms with Gasteiger partial charge in [0.1, 0.15) is 12.0 Å². The first-order chi connectivity index (χ1) is 9.83. The summed E-state index contributed by atoms with van der Waals surface area (Å²) in [5, 5.41) is 10.6. The first-order valence-corrected chi connectivity index (χ1v) is 9.01. The zero-order valence-corrected chi connectivity index (χ0v) is 13.4. The number of rotatable bonds is 5. The standard InChI is InChI=1S/C13H18N2O4S2/c1-9(2)20-8-10-3-4-12(13(17)5-10)15-6-11(7-16)14-21(15,18)19/h3-5,7,9,11,14,17H,6,8H2,1-2H3. The molecule has 2 N–H and O–H groups in total. The average molecular weight is 330 g/mol. The van der Waals surface area contributed by atoms with Gasteiger partial charge in [0.05, 0.1) is 18.3 Å². The fraction of sp³-hybridized carbons (Fsp3) is 0.462. The molecule has 1 fully saturated rings.